The second-order valence-electron chi connectivity index (χ2n) is 5.43. The number of fused-ring (bicyclic) bond motifs is 1. The van der Waals surface area contributed by atoms with Gasteiger partial charge < -0.3 is 4.74 Å². The van der Waals surface area contributed by atoms with Gasteiger partial charge in [-0.25, -0.2) is 4.98 Å². The van der Waals surface area contributed by atoms with E-state index in [1.807, 2.05) is 43.3 Å². The number of nitrogens with one attached hydrogen (secondary N) is 1. The summed E-state index contributed by atoms with van der Waals surface area (Å²) in [6, 6.07) is 13.7. The second kappa shape index (κ2) is 7.43. The molecule has 0 aliphatic carbocycles. The summed E-state index contributed by atoms with van der Waals surface area (Å²) in [4.78, 5) is 3.71. The van der Waals surface area contributed by atoms with Crippen molar-refractivity contribution in [2.75, 3.05) is 12.0 Å². The average molecular weight is 359 g/mol. The van der Waals surface area contributed by atoms with Crippen LogP contribution in [-0.4, -0.2) is 17.8 Å². The minimum Gasteiger partial charge on any atom is -0.493 e. The minimum atomic E-state index is -4.41. The molecule has 0 fully saturated rings. The van der Waals surface area contributed by atoms with E-state index in [9.17, 15) is 13.2 Å². The highest BCUT2D eigenvalue weighted by Gasteiger charge is 2.30. The fourth-order valence-electron chi connectivity index (χ4n) is 2.48. The predicted molar refractivity (Wildman–Crippen MR) is 95.6 cm³/mol. The van der Waals surface area contributed by atoms with E-state index in [2.05, 4.69) is 15.5 Å². The number of hydrogen-bond acceptors (Lipinski definition) is 4. The minimum absolute atomic E-state index is 0.226. The van der Waals surface area contributed by atoms with Crippen LogP contribution in [0.2, 0.25) is 0 Å². The number of alkyl halides is 3. The quantitative estimate of drug-likeness (QED) is 0.509. The van der Waals surface area contributed by atoms with Gasteiger partial charge in [-0.1, -0.05) is 24.3 Å². The van der Waals surface area contributed by atoms with E-state index in [-0.39, 0.29) is 5.82 Å². The lowest BCUT2D eigenvalue weighted by molar-refractivity contribution is -0.137. The van der Waals surface area contributed by atoms with Crippen LogP contribution in [0.1, 0.15) is 18.1 Å². The van der Waals surface area contributed by atoms with E-state index in [1.54, 1.807) is 6.21 Å². The highest BCUT2D eigenvalue weighted by Crippen LogP contribution is 2.29. The van der Waals surface area contributed by atoms with E-state index in [4.69, 9.17) is 4.74 Å². The molecule has 0 aliphatic heterocycles. The summed E-state index contributed by atoms with van der Waals surface area (Å²) in [5.74, 6) is 1.02. The predicted octanol–water partition coefficient (Wildman–Crippen LogP) is 5.10. The molecule has 0 radical (unpaired) electrons. The largest absolute Gasteiger partial charge is 0.493 e. The van der Waals surface area contributed by atoms with Crippen molar-refractivity contribution in [3.63, 3.8) is 0 Å². The lowest BCUT2D eigenvalue weighted by atomic mass is 10.0. The van der Waals surface area contributed by atoms with E-state index in [0.717, 1.165) is 34.3 Å². The third kappa shape index (κ3) is 3.93. The number of aromatic nitrogens is 1. The maximum Gasteiger partial charge on any atom is 0.417 e. The number of benzene rings is 2. The molecule has 0 amide bonds. The van der Waals surface area contributed by atoms with Crippen molar-refractivity contribution in [3.8, 4) is 5.75 Å². The van der Waals surface area contributed by atoms with E-state index >= 15 is 0 Å². The summed E-state index contributed by atoms with van der Waals surface area (Å²) in [6.07, 6.45) is -2.04. The first-order chi connectivity index (χ1) is 12.5. The molecule has 134 valence electrons. The zero-order valence-electron chi connectivity index (χ0n) is 13.9. The number of ether oxygens (including phenoxy) is 1. The van der Waals surface area contributed by atoms with Crippen LogP contribution in [0, 0.1) is 0 Å². The molecule has 4 nitrogen and oxygen atoms in total. The Morgan fingerprint density at radius 3 is 2.50 bits per heavy atom. The normalized spacial score (nSPS) is 11.8. The Hall–Kier alpha value is -3.09. The summed E-state index contributed by atoms with van der Waals surface area (Å²) in [7, 11) is 0. The Balaban J connectivity index is 1.80. The smallest absolute Gasteiger partial charge is 0.417 e. The zero-order valence-corrected chi connectivity index (χ0v) is 13.9. The molecular formula is C19H16F3N3O. The number of rotatable bonds is 5. The number of hydrazone groups is 1. The van der Waals surface area contributed by atoms with Crippen molar-refractivity contribution in [1.29, 1.82) is 0 Å². The lowest BCUT2D eigenvalue weighted by Gasteiger charge is -2.09. The van der Waals surface area contributed by atoms with Crippen molar-refractivity contribution in [3.05, 3.63) is 65.9 Å². The second-order valence-corrected chi connectivity index (χ2v) is 5.43. The zero-order chi connectivity index (χ0) is 18.6. The molecule has 0 aliphatic rings. The number of nitrogens with zero attached hydrogens (tertiary/aromatic N) is 2. The molecule has 1 aromatic heterocycles. The van der Waals surface area contributed by atoms with Crippen LogP contribution in [0.5, 0.6) is 5.75 Å². The van der Waals surface area contributed by atoms with Gasteiger partial charge in [0.1, 0.15) is 11.6 Å². The molecule has 1 heterocycles. The maximum atomic E-state index is 12.5. The monoisotopic (exact) mass is 359 g/mol. The number of anilines is 1. The Labute approximate surface area is 148 Å². The topological polar surface area (TPSA) is 46.5 Å². The number of halogens is 3. The first kappa shape index (κ1) is 17.7. The van der Waals surface area contributed by atoms with Crippen LogP contribution in [-0.2, 0) is 6.18 Å². The van der Waals surface area contributed by atoms with E-state index < -0.39 is 11.7 Å². The van der Waals surface area contributed by atoms with Gasteiger partial charge in [0.2, 0.25) is 0 Å². The van der Waals surface area contributed by atoms with Gasteiger partial charge in [0.05, 0.1) is 18.4 Å². The van der Waals surface area contributed by atoms with Gasteiger partial charge in [0.15, 0.2) is 0 Å². The number of hydrogen-bond donors (Lipinski definition) is 1. The highest BCUT2D eigenvalue weighted by molar-refractivity contribution is 6.02. The molecule has 3 rings (SSSR count). The Morgan fingerprint density at radius 1 is 1.08 bits per heavy atom. The van der Waals surface area contributed by atoms with Crippen LogP contribution in [0.4, 0.5) is 19.0 Å². The summed E-state index contributed by atoms with van der Waals surface area (Å²) in [5.41, 5.74) is 2.69. The van der Waals surface area contributed by atoms with Crippen LogP contribution in [0.15, 0.2) is 59.8 Å². The van der Waals surface area contributed by atoms with Crippen molar-refractivity contribution in [2.24, 2.45) is 5.10 Å². The molecule has 0 bridgehead atoms. The van der Waals surface area contributed by atoms with Gasteiger partial charge in [-0.2, -0.15) is 18.3 Å². The van der Waals surface area contributed by atoms with Gasteiger partial charge in [-0.3, -0.25) is 5.43 Å². The summed E-state index contributed by atoms with van der Waals surface area (Å²) in [5, 5.41) is 6.00. The summed E-state index contributed by atoms with van der Waals surface area (Å²) in [6.45, 7) is 2.49. The van der Waals surface area contributed by atoms with Crippen LogP contribution >= 0.6 is 0 Å². The third-order valence-electron chi connectivity index (χ3n) is 3.69. The Morgan fingerprint density at radius 2 is 1.85 bits per heavy atom. The molecule has 0 unspecified atom stereocenters. The molecule has 0 saturated heterocycles. The Bertz CT molecular complexity index is 921. The van der Waals surface area contributed by atoms with Gasteiger partial charge >= 0.3 is 6.18 Å². The third-order valence-corrected chi connectivity index (χ3v) is 3.69. The van der Waals surface area contributed by atoms with Crippen molar-refractivity contribution in [1.82, 2.24) is 4.98 Å². The molecule has 0 spiro atoms. The average Bonchev–Trinajstić information content (AvgIpc) is 2.63. The SMILES string of the molecule is CCOc1ccc(/C=N\Nc2ccc(C(F)(F)F)cn2)c2ccccc12. The van der Waals surface area contributed by atoms with Crippen molar-refractivity contribution in [2.45, 2.75) is 13.1 Å². The number of pyridine rings is 1. The molecule has 2 aromatic carbocycles. The Kier molecular flexibility index (Phi) is 5.06. The molecular weight excluding hydrogens is 343 g/mol. The maximum absolute atomic E-state index is 12.5. The van der Waals surface area contributed by atoms with E-state index in [0.29, 0.717) is 6.61 Å². The molecule has 0 atom stereocenters. The first-order valence-corrected chi connectivity index (χ1v) is 7.96. The summed E-state index contributed by atoms with van der Waals surface area (Å²) < 4.78 is 43.2. The van der Waals surface area contributed by atoms with Crippen LogP contribution in [0.25, 0.3) is 10.8 Å². The van der Waals surface area contributed by atoms with Gasteiger partial charge in [-0.05, 0) is 36.6 Å². The van der Waals surface area contributed by atoms with Crippen molar-refractivity contribution >= 4 is 22.8 Å². The van der Waals surface area contributed by atoms with Crippen LogP contribution < -0.4 is 10.2 Å². The standard InChI is InChI=1S/C19H16F3N3O/c1-2-26-17-9-7-13(15-5-3-4-6-16(15)17)11-24-25-18-10-8-14(12-23-18)19(20,21)22/h3-12H,2H2,1H3,(H,23,25)/b24-11-. The molecule has 7 heteroatoms. The summed E-state index contributed by atoms with van der Waals surface area (Å²) >= 11 is 0. The fraction of sp³-hybridized carbons (Fsp3) is 0.158. The molecule has 1 N–H and O–H groups in total. The van der Waals surface area contributed by atoms with Gasteiger partial charge in [0, 0.05) is 17.1 Å². The van der Waals surface area contributed by atoms with Gasteiger partial charge in [-0.15, -0.1) is 0 Å². The lowest BCUT2D eigenvalue weighted by Crippen LogP contribution is -2.05. The van der Waals surface area contributed by atoms with E-state index in [1.165, 1.54) is 6.07 Å². The molecule has 0 saturated carbocycles. The van der Waals surface area contributed by atoms with Gasteiger partial charge in [0.25, 0.3) is 0 Å². The van der Waals surface area contributed by atoms with Crippen molar-refractivity contribution < 1.29 is 17.9 Å². The molecule has 26 heavy (non-hydrogen) atoms. The highest BCUT2D eigenvalue weighted by atomic mass is 19.4. The molecule has 3 aromatic rings. The van der Waals surface area contributed by atoms with Crippen LogP contribution in [0.3, 0.4) is 0 Å². The first-order valence-electron chi connectivity index (χ1n) is 7.96. The fourth-order valence-corrected chi connectivity index (χ4v) is 2.48.